The van der Waals surface area contributed by atoms with Gasteiger partial charge in [0.1, 0.15) is 0 Å². The molecule has 2 atom stereocenters. The lowest BCUT2D eigenvalue weighted by atomic mass is 9.86. The van der Waals surface area contributed by atoms with Crippen LogP contribution in [0, 0.1) is 0 Å². The summed E-state index contributed by atoms with van der Waals surface area (Å²) in [6, 6.07) is 73.1. The van der Waals surface area contributed by atoms with Gasteiger partial charge in [-0.05, 0) is 81.9 Å². The van der Waals surface area contributed by atoms with Crippen LogP contribution in [0.15, 0.2) is 218 Å². The van der Waals surface area contributed by atoms with E-state index in [1.807, 2.05) is 11.3 Å². The van der Waals surface area contributed by atoms with Crippen LogP contribution in [0.1, 0.15) is 17.0 Å². The number of anilines is 5. The summed E-state index contributed by atoms with van der Waals surface area (Å²) in [4.78, 5) is 4.99. The van der Waals surface area contributed by atoms with Crippen molar-refractivity contribution in [2.24, 2.45) is 0 Å². The largest absolute Gasteiger partial charge is 0.333 e. The van der Waals surface area contributed by atoms with Crippen molar-refractivity contribution in [2.45, 2.75) is 12.0 Å². The van der Waals surface area contributed by atoms with Gasteiger partial charge >= 0.3 is 0 Å². The minimum atomic E-state index is 0.166. The van der Waals surface area contributed by atoms with Crippen molar-refractivity contribution in [1.29, 1.82) is 0 Å². The zero-order chi connectivity index (χ0) is 37.7. The van der Waals surface area contributed by atoms with E-state index in [0.717, 1.165) is 11.4 Å². The first-order valence-corrected chi connectivity index (χ1v) is 20.5. The van der Waals surface area contributed by atoms with Crippen molar-refractivity contribution >= 4 is 65.5 Å². The van der Waals surface area contributed by atoms with Crippen molar-refractivity contribution in [3.63, 3.8) is 0 Å². The molecule has 0 amide bonds. The highest BCUT2D eigenvalue weighted by atomic mass is 32.1. The van der Waals surface area contributed by atoms with Gasteiger partial charge in [-0.15, -0.1) is 11.3 Å². The van der Waals surface area contributed by atoms with Crippen LogP contribution in [0.4, 0.5) is 28.4 Å². The normalized spacial score (nSPS) is 15.7. The van der Waals surface area contributed by atoms with Gasteiger partial charge in [0.15, 0.2) is 0 Å². The highest BCUT2D eigenvalue weighted by Crippen LogP contribution is 2.51. The lowest BCUT2D eigenvalue weighted by Gasteiger charge is -2.32. The maximum atomic E-state index is 2.57. The summed E-state index contributed by atoms with van der Waals surface area (Å²) in [6.07, 6.45) is 7.18. The van der Waals surface area contributed by atoms with Crippen LogP contribution in [0.5, 0.6) is 0 Å². The molecular formula is C54H38N2S. The SMILES string of the molecule is C1=CC2c3ccccc3N(c3ccccc3-c3ccc(N(c4ccc(-c5ccccc5)cc4)c4cccc5c4sc4ccccc45)cc3)C2C=C1c1ccccc1. The number of hydrogen-bond acceptors (Lipinski definition) is 3. The fourth-order valence-electron chi connectivity index (χ4n) is 8.94. The molecule has 3 heteroatoms. The molecule has 0 N–H and O–H groups in total. The van der Waals surface area contributed by atoms with E-state index in [1.165, 1.54) is 76.2 Å². The lowest BCUT2D eigenvalue weighted by Crippen LogP contribution is -2.29. The van der Waals surface area contributed by atoms with Gasteiger partial charge in [0, 0.05) is 49.7 Å². The van der Waals surface area contributed by atoms with E-state index in [0.29, 0.717) is 0 Å². The van der Waals surface area contributed by atoms with Gasteiger partial charge in [-0.2, -0.15) is 0 Å². The second kappa shape index (κ2) is 14.0. The minimum absolute atomic E-state index is 0.166. The molecule has 57 heavy (non-hydrogen) atoms. The monoisotopic (exact) mass is 746 g/mol. The fraction of sp³-hybridized carbons (Fsp3) is 0.0370. The Morgan fingerprint density at radius 1 is 0.456 bits per heavy atom. The molecule has 9 aromatic rings. The third kappa shape index (κ3) is 5.78. The molecular weight excluding hydrogens is 709 g/mol. The second-order valence-electron chi connectivity index (χ2n) is 14.9. The standard InChI is InChI=1S/C54H38N2S/c1-3-14-37(15-4-1)39-26-31-42(32-27-39)55(51-24-13-21-48-47-20-9-12-25-53(47)57-54(48)51)43-33-28-40(29-34-43)44-18-7-10-22-49(44)56-50-23-11-8-19-45(50)46-35-30-41(36-52(46)56)38-16-5-2-6-17-38/h1-36,46,52H. The zero-order valence-corrected chi connectivity index (χ0v) is 32.1. The summed E-state index contributed by atoms with van der Waals surface area (Å²) in [6.45, 7) is 0. The van der Waals surface area contributed by atoms with Crippen molar-refractivity contribution in [2.75, 3.05) is 9.80 Å². The summed E-state index contributed by atoms with van der Waals surface area (Å²) in [5.74, 6) is 0.280. The Morgan fingerprint density at radius 3 is 1.82 bits per heavy atom. The average molecular weight is 747 g/mol. The van der Waals surface area contributed by atoms with Crippen molar-refractivity contribution in [1.82, 2.24) is 0 Å². The van der Waals surface area contributed by atoms with Gasteiger partial charge < -0.3 is 9.80 Å². The van der Waals surface area contributed by atoms with Gasteiger partial charge in [-0.1, -0.05) is 170 Å². The topological polar surface area (TPSA) is 6.48 Å². The van der Waals surface area contributed by atoms with Crippen molar-refractivity contribution < 1.29 is 0 Å². The Hall–Kier alpha value is -6.94. The predicted octanol–water partition coefficient (Wildman–Crippen LogP) is 15.1. The number of hydrogen-bond donors (Lipinski definition) is 0. The molecule has 0 fully saturated rings. The summed E-state index contributed by atoms with van der Waals surface area (Å²) in [5.41, 5.74) is 14.6. The van der Waals surface area contributed by atoms with Gasteiger partial charge in [0.05, 0.1) is 16.4 Å². The Morgan fingerprint density at radius 2 is 1.05 bits per heavy atom. The lowest BCUT2D eigenvalue weighted by molar-refractivity contribution is 0.747. The van der Waals surface area contributed by atoms with E-state index < -0.39 is 0 Å². The quantitative estimate of drug-likeness (QED) is 0.160. The molecule has 1 aromatic heterocycles. The third-order valence-corrected chi connectivity index (χ3v) is 12.8. The average Bonchev–Trinajstić information content (AvgIpc) is 3.84. The number of para-hydroxylation sites is 2. The molecule has 2 nitrogen and oxygen atoms in total. The molecule has 2 aliphatic rings. The molecule has 11 rings (SSSR count). The number of allylic oxidation sites excluding steroid dienone is 2. The van der Waals surface area contributed by atoms with Gasteiger partial charge in [0.2, 0.25) is 0 Å². The summed E-state index contributed by atoms with van der Waals surface area (Å²) < 4.78 is 2.59. The van der Waals surface area contributed by atoms with Gasteiger partial charge in [-0.25, -0.2) is 0 Å². The van der Waals surface area contributed by atoms with Crippen LogP contribution in [-0.4, -0.2) is 6.04 Å². The van der Waals surface area contributed by atoms with Crippen LogP contribution >= 0.6 is 11.3 Å². The molecule has 1 aliphatic carbocycles. The van der Waals surface area contributed by atoms with Crippen molar-refractivity contribution in [3.8, 4) is 22.3 Å². The van der Waals surface area contributed by atoms with Crippen LogP contribution in [0.2, 0.25) is 0 Å². The maximum absolute atomic E-state index is 2.57. The number of benzene rings is 8. The fourth-order valence-corrected chi connectivity index (χ4v) is 10.1. The molecule has 270 valence electrons. The van der Waals surface area contributed by atoms with E-state index in [9.17, 15) is 0 Å². The Bertz CT molecular complexity index is 2960. The first-order valence-electron chi connectivity index (χ1n) is 19.7. The van der Waals surface area contributed by atoms with Gasteiger partial charge in [-0.3, -0.25) is 0 Å². The van der Waals surface area contributed by atoms with Crippen LogP contribution < -0.4 is 9.80 Å². The predicted molar refractivity (Wildman–Crippen MR) is 244 cm³/mol. The summed E-state index contributed by atoms with van der Waals surface area (Å²) >= 11 is 1.87. The van der Waals surface area contributed by atoms with Gasteiger partial charge in [0.25, 0.3) is 0 Å². The smallest absolute Gasteiger partial charge is 0.0640 e. The molecule has 0 bridgehead atoms. The number of fused-ring (bicyclic) bond motifs is 6. The Kier molecular flexibility index (Phi) is 8.19. The molecule has 2 heterocycles. The zero-order valence-electron chi connectivity index (χ0n) is 31.2. The first kappa shape index (κ1) is 33.4. The van der Waals surface area contributed by atoms with E-state index in [2.05, 4.69) is 228 Å². The van der Waals surface area contributed by atoms with E-state index in [4.69, 9.17) is 0 Å². The maximum Gasteiger partial charge on any atom is 0.0640 e. The van der Waals surface area contributed by atoms with Crippen LogP contribution in [0.3, 0.4) is 0 Å². The minimum Gasteiger partial charge on any atom is -0.333 e. The highest BCUT2D eigenvalue weighted by Gasteiger charge is 2.39. The second-order valence-corrected chi connectivity index (χ2v) is 15.9. The molecule has 8 aromatic carbocycles. The first-order chi connectivity index (χ1) is 28.3. The summed E-state index contributed by atoms with van der Waals surface area (Å²) in [5, 5.41) is 2.59. The van der Waals surface area contributed by atoms with E-state index in [-0.39, 0.29) is 12.0 Å². The van der Waals surface area contributed by atoms with Crippen LogP contribution in [-0.2, 0) is 0 Å². The Balaban J connectivity index is 1.02. The molecule has 0 saturated heterocycles. The van der Waals surface area contributed by atoms with E-state index in [1.54, 1.807) is 0 Å². The molecule has 2 unspecified atom stereocenters. The highest BCUT2D eigenvalue weighted by molar-refractivity contribution is 7.26. The van der Waals surface area contributed by atoms with E-state index >= 15 is 0 Å². The number of thiophene rings is 1. The molecule has 0 spiro atoms. The van der Waals surface area contributed by atoms with Crippen LogP contribution in [0.25, 0.3) is 48.0 Å². The summed E-state index contributed by atoms with van der Waals surface area (Å²) in [7, 11) is 0. The molecule has 0 saturated carbocycles. The third-order valence-electron chi connectivity index (χ3n) is 11.6. The molecule has 1 aliphatic heterocycles. The number of rotatable bonds is 7. The Labute approximate surface area is 337 Å². The van der Waals surface area contributed by atoms with Crippen molar-refractivity contribution in [3.05, 3.63) is 230 Å². The molecule has 0 radical (unpaired) electrons. The number of nitrogens with zero attached hydrogens (tertiary/aromatic N) is 2.